The molecule has 0 atom stereocenters. The first-order chi connectivity index (χ1) is 14.8. The van der Waals surface area contributed by atoms with Crippen molar-refractivity contribution in [2.24, 2.45) is 0 Å². The van der Waals surface area contributed by atoms with Gasteiger partial charge < -0.3 is 10.2 Å². The molecule has 1 aromatic carbocycles. The van der Waals surface area contributed by atoms with Gasteiger partial charge in [0, 0.05) is 44.1 Å². The van der Waals surface area contributed by atoms with Crippen LogP contribution < -0.4 is 5.32 Å². The molecule has 0 aliphatic carbocycles. The van der Waals surface area contributed by atoms with Crippen molar-refractivity contribution >= 4 is 45.5 Å². The van der Waals surface area contributed by atoms with Gasteiger partial charge in [-0.05, 0) is 23.4 Å². The van der Waals surface area contributed by atoms with Gasteiger partial charge in [0.05, 0.1) is 5.75 Å². The van der Waals surface area contributed by atoms with Gasteiger partial charge in [-0.25, -0.2) is 0 Å². The predicted octanol–water partition coefficient (Wildman–Crippen LogP) is 3.69. The molecule has 4 rings (SSSR count). The lowest BCUT2D eigenvalue weighted by Gasteiger charge is -2.34. The number of amides is 1. The summed E-state index contributed by atoms with van der Waals surface area (Å²) >= 11 is 4.76. The summed E-state index contributed by atoms with van der Waals surface area (Å²) in [4.78, 5) is 18.3. The fourth-order valence-corrected chi connectivity index (χ4v) is 5.69. The van der Waals surface area contributed by atoms with Crippen molar-refractivity contribution in [3.8, 4) is 0 Å². The Balaban J connectivity index is 1.15. The molecule has 30 heavy (non-hydrogen) atoms. The van der Waals surface area contributed by atoms with Gasteiger partial charge >= 0.3 is 0 Å². The quantitative estimate of drug-likeness (QED) is 0.493. The van der Waals surface area contributed by atoms with E-state index in [1.807, 2.05) is 11.0 Å². The maximum atomic E-state index is 12.6. The molecule has 1 fully saturated rings. The minimum atomic E-state index is 0.182. The third-order valence-electron chi connectivity index (χ3n) is 4.93. The molecule has 0 bridgehead atoms. The molecule has 2 aromatic heterocycles. The van der Waals surface area contributed by atoms with Crippen LogP contribution in [-0.4, -0.2) is 64.4 Å². The monoisotopic (exact) mass is 459 g/mol. The fraction of sp³-hybridized carbons (Fsp3) is 0.381. The maximum absolute atomic E-state index is 12.6. The van der Waals surface area contributed by atoms with Gasteiger partial charge in [-0.15, -0.1) is 21.5 Å². The molecule has 1 aliphatic heterocycles. The van der Waals surface area contributed by atoms with Gasteiger partial charge in [0.15, 0.2) is 4.34 Å². The second-order valence-electron chi connectivity index (χ2n) is 7.06. The van der Waals surface area contributed by atoms with E-state index in [0.29, 0.717) is 5.75 Å². The zero-order chi connectivity index (χ0) is 20.6. The summed E-state index contributed by atoms with van der Waals surface area (Å²) in [6.45, 7) is 5.21. The number of hydrogen-bond acceptors (Lipinski definition) is 8. The molecule has 1 N–H and O–H groups in total. The molecule has 3 heterocycles. The van der Waals surface area contributed by atoms with E-state index >= 15 is 0 Å². The Labute approximate surface area is 189 Å². The highest BCUT2D eigenvalue weighted by molar-refractivity contribution is 8.01. The van der Waals surface area contributed by atoms with Crippen LogP contribution in [0.4, 0.5) is 5.13 Å². The smallest absolute Gasteiger partial charge is 0.233 e. The number of thioether (sulfide) groups is 1. The largest absolute Gasteiger partial charge is 0.360 e. The summed E-state index contributed by atoms with van der Waals surface area (Å²) in [6.07, 6.45) is 0.981. The summed E-state index contributed by atoms with van der Waals surface area (Å²) < 4.78 is 0.838. The first-order valence-electron chi connectivity index (χ1n) is 10.0. The van der Waals surface area contributed by atoms with E-state index in [2.05, 4.69) is 62.2 Å². The minimum absolute atomic E-state index is 0.182. The van der Waals surface area contributed by atoms with Gasteiger partial charge in [-0.2, -0.15) is 0 Å². The van der Waals surface area contributed by atoms with Crippen LogP contribution >= 0.6 is 34.4 Å². The molecule has 1 amide bonds. The normalized spacial score (nSPS) is 14.7. The van der Waals surface area contributed by atoms with Gasteiger partial charge in [0.25, 0.3) is 0 Å². The van der Waals surface area contributed by atoms with Crippen LogP contribution in [0.3, 0.4) is 0 Å². The van der Waals surface area contributed by atoms with Crippen molar-refractivity contribution in [3.05, 3.63) is 58.3 Å². The Kier molecular flexibility index (Phi) is 7.74. The summed E-state index contributed by atoms with van der Waals surface area (Å²) in [5.41, 5.74) is 1.32. The van der Waals surface area contributed by atoms with Gasteiger partial charge in [0.2, 0.25) is 11.0 Å². The molecular weight excluding hydrogens is 434 g/mol. The lowest BCUT2D eigenvalue weighted by molar-refractivity contribution is -0.130. The van der Waals surface area contributed by atoms with Crippen molar-refractivity contribution < 1.29 is 4.79 Å². The molecule has 9 heteroatoms. The highest BCUT2D eigenvalue weighted by Crippen LogP contribution is 2.26. The number of thiophene rings is 1. The van der Waals surface area contributed by atoms with E-state index in [-0.39, 0.29) is 5.91 Å². The van der Waals surface area contributed by atoms with Crippen LogP contribution in [0.2, 0.25) is 0 Å². The molecule has 1 saturated heterocycles. The lowest BCUT2D eigenvalue weighted by atomic mass is 10.2. The van der Waals surface area contributed by atoms with E-state index in [4.69, 9.17) is 0 Å². The number of rotatable bonds is 9. The number of nitrogens with zero attached hydrogens (tertiary/aromatic N) is 4. The third kappa shape index (κ3) is 6.28. The standard InChI is InChI=1S/C21H25N5OS3/c27-19(26-12-10-25(11-13-26)15-17-5-2-1-3-6-17)16-29-21-24-23-20(30-21)22-9-8-18-7-4-14-28-18/h1-7,14H,8-13,15-16H2,(H,22,23). The Morgan fingerprint density at radius 2 is 1.90 bits per heavy atom. The van der Waals surface area contributed by atoms with E-state index in [9.17, 15) is 4.79 Å². The molecule has 6 nitrogen and oxygen atoms in total. The topological polar surface area (TPSA) is 61.4 Å². The van der Waals surface area contributed by atoms with Gasteiger partial charge in [-0.1, -0.05) is 59.5 Å². The average molecular weight is 460 g/mol. The van der Waals surface area contributed by atoms with Crippen LogP contribution in [0.5, 0.6) is 0 Å². The summed E-state index contributed by atoms with van der Waals surface area (Å²) in [5.74, 6) is 0.601. The molecule has 1 aliphatic rings. The zero-order valence-corrected chi connectivity index (χ0v) is 19.1. The Hall–Kier alpha value is -1.94. The molecular formula is C21H25N5OS3. The van der Waals surface area contributed by atoms with Crippen LogP contribution in [-0.2, 0) is 17.8 Å². The van der Waals surface area contributed by atoms with Crippen molar-refractivity contribution in [1.29, 1.82) is 0 Å². The van der Waals surface area contributed by atoms with E-state index < -0.39 is 0 Å². The number of nitrogens with one attached hydrogen (secondary N) is 1. The number of hydrogen-bond donors (Lipinski definition) is 1. The number of benzene rings is 1. The zero-order valence-electron chi connectivity index (χ0n) is 16.7. The molecule has 0 saturated carbocycles. The van der Waals surface area contributed by atoms with E-state index in [1.165, 1.54) is 33.5 Å². The number of aromatic nitrogens is 2. The Bertz CT molecular complexity index is 908. The van der Waals surface area contributed by atoms with Crippen LogP contribution in [0, 0.1) is 0 Å². The van der Waals surface area contributed by atoms with Crippen molar-refractivity contribution in [3.63, 3.8) is 0 Å². The summed E-state index contributed by atoms with van der Waals surface area (Å²) in [5, 5.41) is 14.6. The van der Waals surface area contributed by atoms with E-state index in [1.54, 1.807) is 11.3 Å². The fourth-order valence-electron chi connectivity index (χ4n) is 3.30. The van der Waals surface area contributed by atoms with Crippen LogP contribution in [0.1, 0.15) is 10.4 Å². The van der Waals surface area contributed by atoms with E-state index in [0.717, 1.165) is 55.2 Å². The maximum Gasteiger partial charge on any atom is 0.233 e. The number of piperazine rings is 1. The first kappa shape index (κ1) is 21.3. The Morgan fingerprint density at radius 1 is 1.07 bits per heavy atom. The molecule has 158 valence electrons. The van der Waals surface area contributed by atoms with Crippen LogP contribution in [0.25, 0.3) is 0 Å². The molecule has 0 radical (unpaired) electrons. The number of carbonyl (C=O) groups excluding carboxylic acids is 1. The third-order valence-corrected chi connectivity index (χ3v) is 7.86. The second-order valence-corrected chi connectivity index (χ2v) is 10.3. The summed E-state index contributed by atoms with van der Waals surface area (Å²) in [6, 6.07) is 14.7. The Morgan fingerprint density at radius 3 is 2.67 bits per heavy atom. The lowest BCUT2D eigenvalue weighted by Crippen LogP contribution is -2.48. The predicted molar refractivity (Wildman–Crippen MR) is 125 cm³/mol. The van der Waals surface area contributed by atoms with Crippen LogP contribution in [0.15, 0.2) is 52.2 Å². The second kappa shape index (κ2) is 10.9. The minimum Gasteiger partial charge on any atom is -0.360 e. The average Bonchev–Trinajstić information content (AvgIpc) is 3.46. The van der Waals surface area contributed by atoms with Gasteiger partial charge in [-0.3, -0.25) is 9.69 Å². The number of anilines is 1. The molecule has 0 unspecified atom stereocenters. The summed E-state index contributed by atoms with van der Waals surface area (Å²) in [7, 11) is 0. The highest BCUT2D eigenvalue weighted by atomic mass is 32.2. The highest BCUT2D eigenvalue weighted by Gasteiger charge is 2.21. The first-order valence-corrected chi connectivity index (χ1v) is 12.7. The SMILES string of the molecule is O=C(CSc1nnc(NCCc2cccs2)s1)N1CCN(Cc2ccccc2)CC1. The molecule has 0 spiro atoms. The number of carbonyl (C=O) groups is 1. The van der Waals surface area contributed by atoms with Crippen molar-refractivity contribution in [1.82, 2.24) is 20.0 Å². The van der Waals surface area contributed by atoms with Crippen molar-refractivity contribution in [2.45, 2.75) is 17.3 Å². The van der Waals surface area contributed by atoms with Crippen molar-refractivity contribution in [2.75, 3.05) is 43.8 Å². The van der Waals surface area contributed by atoms with Gasteiger partial charge in [0.1, 0.15) is 0 Å². The molecule has 3 aromatic rings.